The number of rotatable bonds is 10. The maximum Gasteiger partial charge on any atom is 0.412 e. The van der Waals surface area contributed by atoms with Crippen LogP contribution >= 0.6 is 23.2 Å². The van der Waals surface area contributed by atoms with Crippen LogP contribution in [0.5, 0.6) is 0 Å². The summed E-state index contributed by atoms with van der Waals surface area (Å²) >= 11 is 12.7. The van der Waals surface area contributed by atoms with Crippen LogP contribution in [0, 0.1) is 11.8 Å². The third-order valence-corrected chi connectivity index (χ3v) is 11.9. The van der Waals surface area contributed by atoms with E-state index in [1.54, 1.807) is 18.2 Å². The maximum absolute atomic E-state index is 14.6. The van der Waals surface area contributed by atoms with Gasteiger partial charge >= 0.3 is 6.18 Å². The van der Waals surface area contributed by atoms with Crippen molar-refractivity contribution in [2.24, 2.45) is 17.6 Å². The fourth-order valence-corrected chi connectivity index (χ4v) is 7.93. The molecule has 3 aliphatic rings. The molecule has 0 spiro atoms. The standard InChI is InChI=1S/C40H56Cl2F4N8O7/c1-20(2)15-26-35(58)53(6)28(17-22-16-23(41)12-13-25(22)42)34(57)51-39(3,4)38(61)48-14-8-7-9-27(32(55)49-26)52(5)36(59)30(21-10-11-21)50-33(56)29-18-24(43)19-54(29)37(60)31(47)40(44,45)46/h12-13,16,20-21,24,26-31H,7-11,14-15,17-19,47H2,1-6H3,(H,48,61)(H,49,55)(H,50,56)(H,51,57)/t24-,26+,27+,28+,29+,30+,31-/m1/s1. The number of amides is 7. The molecule has 61 heavy (non-hydrogen) atoms. The predicted molar refractivity (Wildman–Crippen MR) is 217 cm³/mol. The van der Waals surface area contributed by atoms with E-state index in [1.165, 1.54) is 32.8 Å². The lowest BCUT2D eigenvalue weighted by Gasteiger charge is -2.36. The Balaban J connectivity index is 1.65. The van der Waals surface area contributed by atoms with Crippen LogP contribution in [-0.4, -0.2) is 137 Å². The van der Waals surface area contributed by atoms with E-state index in [0.29, 0.717) is 34.7 Å². The molecule has 2 aliphatic heterocycles. The van der Waals surface area contributed by atoms with Gasteiger partial charge in [-0.25, -0.2) is 4.39 Å². The van der Waals surface area contributed by atoms with Crippen LogP contribution in [0.2, 0.25) is 10.0 Å². The molecule has 15 nitrogen and oxygen atoms in total. The van der Waals surface area contributed by atoms with Gasteiger partial charge in [-0.1, -0.05) is 37.0 Å². The quantitative estimate of drug-likeness (QED) is 0.221. The van der Waals surface area contributed by atoms with Crippen LogP contribution in [0.3, 0.4) is 0 Å². The Kier molecular flexibility index (Phi) is 16.5. The summed E-state index contributed by atoms with van der Waals surface area (Å²) in [4.78, 5) is 99.5. The first-order chi connectivity index (χ1) is 28.3. The summed E-state index contributed by atoms with van der Waals surface area (Å²) < 4.78 is 54.5. The number of likely N-dealkylation sites (N-methyl/N-ethyl adjacent to an activating group) is 2. The fourth-order valence-electron chi connectivity index (χ4n) is 7.54. The summed E-state index contributed by atoms with van der Waals surface area (Å²) in [5.41, 5.74) is 4.11. The van der Waals surface area contributed by atoms with Crippen LogP contribution in [0.25, 0.3) is 0 Å². The topological polar surface area (TPSA) is 203 Å². The van der Waals surface area contributed by atoms with E-state index in [2.05, 4.69) is 21.3 Å². The zero-order valence-electron chi connectivity index (χ0n) is 35.0. The second kappa shape index (κ2) is 20.3. The lowest BCUT2D eigenvalue weighted by atomic mass is 9.97. The fraction of sp³-hybridized carbons (Fsp3) is 0.675. The first-order valence-electron chi connectivity index (χ1n) is 20.3. The average Bonchev–Trinajstić information content (AvgIpc) is 3.94. The van der Waals surface area contributed by atoms with Crippen LogP contribution in [0.15, 0.2) is 18.2 Å². The number of nitrogens with zero attached hydrogens (tertiary/aromatic N) is 3. The first-order valence-corrected chi connectivity index (χ1v) is 21.0. The molecule has 2 saturated heterocycles. The highest BCUT2D eigenvalue weighted by molar-refractivity contribution is 6.33. The van der Waals surface area contributed by atoms with Crippen molar-refractivity contribution in [3.63, 3.8) is 0 Å². The maximum atomic E-state index is 14.6. The highest BCUT2D eigenvalue weighted by atomic mass is 35.5. The number of carbonyl (C=O) groups is 7. The van der Waals surface area contributed by atoms with Gasteiger partial charge in [-0.05, 0) is 88.0 Å². The van der Waals surface area contributed by atoms with Gasteiger partial charge in [-0.15, -0.1) is 0 Å². The summed E-state index contributed by atoms with van der Waals surface area (Å²) in [5.74, 6) is -6.65. The van der Waals surface area contributed by atoms with Gasteiger partial charge in [0.2, 0.25) is 41.4 Å². The monoisotopic (exact) mass is 906 g/mol. The van der Waals surface area contributed by atoms with Crippen molar-refractivity contribution in [2.75, 3.05) is 27.2 Å². The number of likely N-dealkylation sites (tertiary alicyclic amines) is 1. The van der Waals surface area contributed by atoms with E-state index in [4.69, 9.17) is 28.9 Å². The Hall–Kier alpha value is -4.23. The number of hydrogen-bond acceptors (Lipinski definition) is 8. The molecule has 1 saturated carbocycles. The van der Waals surface area contributed by atoms with Crippen molar-refractivity contribution in [1.29, 1.82) is 0 Å². The van der Waals surface area contributed by atoms with E-state index in [-0.39, 0.29) is 43.2 Å². The molecule has 21 heteroatoms. The predicted octanol–water partition coefficient (Wildman–Crippen LogP) is 2.64. The van der Waals surface area contributed by atoms with E-state index in [9.17, 15) is 51.1 Å². The zero-order valence-corrected chi connectivity index (χ0v) is 36.6. The van der Waals surface area contributed by atoms with Crippen LogP contribution in [0.1, 0.15) is 78.2 Å². The van der Waals surface area contributed by atoms with Gasteiger partial charge in [0.05, 0.1) is 6.54 Å². The molecular weight excluding hydrogens is 851 g/mol. The third-order valence-electron chi connectivity index (χ3n) is 11.3. The smallest absolute Gasteiger partial charge is 0.354 e. The first kappa shape index (κ1) is 49.4. The van der Waals surface area contributed by atoms with Crippen LogP contribution in [0.4, 0.5) is 17.6 Å². The minimum atomic E-state index is -5.15. The van der Waals surface area contributed by atoms with E-state index in [0.717, 1.165) is 4.90 Å². The second-order valence-corrected chi connectivity index (χ2v) is 18.0. The molecule has 1 aliphatic carbocycles. The molecule has 0 radical (unpaired) electrons. The minimum absolute atomic E-state index is 0.0352. The van der Waals surface area contributed by atoms with E-state index >= 15 is 0 Å². The Morgan fingerprint density at radius 1 is 1.05 bits per heavy atom. The van der Waals surface area contributed by atoms with Crippen LogP contribution < -0.4 is 27.0 Å². The molecule has 4 rings (SSSR count). The number of benzene rings is 1. The van der Waals surface area contributed by atoms with Gasteiger partial charge in [0.1, 0.15) is 41.9 Å². The van der Waals surface area contributed by atoms with Crippen molar-refractivity contribution < 1.29 is 51.1 Å². The molecule has 7 amide bonds. The van der Waals surface area contributed by atoms with Crippen molar-refractivity contribution >= 4 is 64.6 Å². The largest absolute Gasteiger partial charge is 0.412 e. The number of nitrogens with one attached hydrogen (secondary N) is 4. The molecule has 0 aromatic heterocycles. The van der Waals surface area contributed by atoms with Gasteiger partial charge in [0, 0.05) is 43.5 Å². The molecule has 0 unspecified atom stereocenters. The Morgan fingerprint density at radius 3 is 2.31 bits per heavy atom. The number of carbonyl (C=O) groups excluding carboxylic acids is 7. The molecular formula is C40H56Cl2F4N8O7. The molecule has 340 valence electrons. The van der Waals surface area contributed by atoms with Gasteiger partial charge in [0.15, 0.2) is 6.04 Å². The molecule has 2 heterocycles. The summed E-state index contributed by atoms with van der Waals surface area (Å²) in [6.07, 6.45) is -5.99. The van der Waals surface area contributed by atoms with E-state index in [1.807, 2.05) is 13.8 Å². The lowest BCUT2D eigenvalue weighted by Crippen LogP contribution is -2.62. The Labute approximate surface area is 362 Å². The average molecular weight is 908 g/mol. The molecule has 6 N–H and O–H groups in total. The molecule has 1 aromatic carbocycles. The number of hydrogen-bond donors (Lipinski definition) is 5. The molecule has 1 aromatic rings. The number of halogens is 6. The SMILES string of the molecule is CC(C)C[C@@H]1NC(=O)[C@@H](N(C)C(=O)[C@@H](NC(=O)[C@@H]2C[C@@H](F)CN2C(=O)[C@@H](N)C(F)(F)F)C2CC2)CCCCNC(=O)C(C)(C)NC(=O)[C@H](Cc2cc(Cl)ccc2Cl)N(C)C1=O. The van der Waals surface area contributed by atoms with Crippen molar-refractivity contribution in [2.45, 2.75) is 133 Å². The van der Waals surface area contributed by atoms with Gasteiger partial charge in [-0.2, -0.15) is 13.2 Å². The highest BCUT2D eigenvalue weighted by Gasteiger charge is 2.50. The normalized spacial score (nSPS) is 25.6. The van der Waals surface area contributed by atoms with Crippen LogP contribution in [-0.2, 0) is 40.0 Å². The van der Waals surface area contributed by atoms with Crippen molar-refractivity contribution in [3.8, 4) is 0 Å². The van der Waals surface area contributed by atoms with Crippen molar-refractivity contribution in [3.05, 3.63) is 33.8 Å². The molecule has 3 fully saturated rings. The lowest BCUT2D eigenvalue weighted by molar-refractivity contribution is -0.171. The summed E-state index contributed by atoms with van der Waals surface area (Å²) in [7, 11) is 2.72. The minimum Gasteiger partial charge on any atom is -0.354 e. The summed E-state index contributed by atoms with van der Waals surface area (Å²) in [6.45, 7) is 6.01. The zero-order chi connectivity index (χ0) is 45.7. The van der Waals surface area contributed by atoms with E-state index < -0.39 is 114 Å². The Bertz CT molecular complexity index is 1830. The molecule has 0 bridgehead atoms. The second-order valence-electron chi connectivity index (χ2n) is 17.1. The van der Waals surface area contributed by atoms with Gasteiger partial charge < -0.3 is 41.7 Å². The Morgan fingerprint density at radius 2 is 1.70 bits per heavy atom. The van der Waals surface area contributed by atoms with Crippen molar-refractivity contribution in [1.82, 2.24) is 36.0 Å². The number of nitrogens with two attached hydrogens (primary N) is 1. The highest BCUT2D eigenvalue weighted by Crippen LogP contribution is 2.35. The summed E-state index contributed by atoms with van der Waals surface area (Å²) in [6, 6.07) is -5.00. The number of alkyl halides is 4. The van der Waals surface area contributed by atoms with Gasteiger partial charge in [0.25, 0.3) is 0 Å². The summed E-state index contributed by atoms with van der Waals surface area (Å²) in [5, 5.41) is 11.5. The third kappa shape index (κ3) is 12.7. The van der Waals surface area contributed by atoms with Gasteiger partial charge in [-0.3, -0.25) is 33.6 Å². The molecule has 7 atom stereocenters.